The van der Waals surface area contributed by atoms with Gasteiger partial charge in [-0.1, -0.05) is 55.0 Å². The fourth-order valence-electron chi connectivity index (χ4n) is 2.44. The molecule has 2 N–H and O–H groups in total. The molecule has 0 fully saturated rings. The minimum Gasteiger partial charge on any atom is -0.394 e. The van der Waals surface area contributed by atoms with Crippen molar-refractivity contribution >= 4 is 11.8 Å². The van der Waals surface area contributed by atoms with Crippen molar-refractivity contribution in [1.82, 2.24) is 5.32 Å². The zero-order chi connectivity index (χ0) is 15.1. The topological polar surface area (TPSA) is 32.3 Å². The molecule has 1 atom stereocenters. The molecule has 0 saturated carbocycles. The Morgan fingerprint density at radius 3 is 2.48 bits per heavy atom. The Balaban J connectivity index is 2.20. The number of aliphatic hydroxyl groups excluding tert-OH is 1. The predicted molar refractivity (Wildman–Crippen MR) is 90.8 cm³/mol. The highest BCUT2D eigenvalue weighted by molar-refractivity contribution is 7.99. The van der Waals surface area contributed by atoms with Gasteiger partial charge < -0.3 is 10.4 Å². The molecule has 21 heavy (non-hydrogen) atoms. The lowest BCUT2D eigenvalue weighted by molar-refractivity contribution is 0.181. The van der Waals surface area contributed by atoms with Crippen LogP contribution in [0.1, 0.15) is 18.1 Å². The molecule has 2 rings (SSSR count). The summed E-state index contributed by atoms with van der Waals surface area (Å²) in [7, 11) is 0. The minimum atomic E-state index is -0.398. The second kappa shape index (κ2) is 7.64. The average Bonchev–Trinajstić information content (AvgIpc) is 2.52. The number of aliphatic hydroxyl groups is 1. The summed E-state index contributed by atoms with van der Waals surface area (Å²) in [5.74, 6) is 0.796. The second-order valence-electron chi connectivity index (χ2n) is 5.24. The maximum Gasteiger partial charge on any atom is 0.0764 e. The van der Waals surface area contributed by atoms with E-state index in [1.165, 1.54) is 10.5 Å². The maximum absolute atomic E-state index is 10.0. The highest BCUT2D eigenvalue weighted by Gasteiger charge is 2.30. The molecule has 0 amide bonds. The lowest BCUT2D eigenvalue weighted by Gasteiger charge is -2.33. The molecule has 3 heteroatoms. The molecule has 112 valence electrons. The van der Waals surface area contributed by atoms with Crippen LogP contribution in [0, 0.1) is 6.92 Å². The van der Waals surface area contributed by atoms with E-state index >= 15 is 0 Å². The van der Waals surface area contributed by atoms with Crippen LogP contribution in [0.3, 0.4) is 0 Å². The van der Waals surface area contributed by atoms with Gasteiger partial charge in [-0.05, 0) is 31.2 Å². The number of benzene rings is 2. The van der Waals surface area contributed by atoms with E-state index in [1.807, 2.05) is 18.2 Å². The zero-order valence-electron chi connectivity index (χ0n) is 12.7. The van der Waals surface area contributed by atoms with Gasteiger partial charge in [0.1, 0.15) is 0 Å². The number of hydrogen-bond donors (Lipinski definition) is 2. The molecule has 2 aromatic carbocycles. The molecule has 0 saturated heterocycles. The Kier molecular flexibility index (Phi) is 5.85. The van der Waals surface area contributed by atoms with E-state index in [2.05, 4.69) is 55.6 Å². The Morgan fingerprint density at radius 2 is 1.86 bits per heavy atom. The van der Waals surface area contributed by atoms with Gasteiger partial charge in [0.15, 0.2) is 0 Å². The van der Waals surface area contributed by atoms with Crippen LogP contribution in [-0.4, -0.2) is 24.0 Å². The molecule has 0 spiro atoms. The summed E-state index contributed by atoms with van der Waals surface area (Å²) in [6, 6.07) is 18.7. The van der Waals surface area contributed by atoms with Crippen LogP contribution in [0.25, 0.3) is 0 Å². The van der Waals surface area contributed by atoms with Gasteiger partial charge in [-0.25, -0.2) is 0 Å². The summed E-state index contributed by atoms with van der Waals surface area (Å²) >= 11 is 1.78. The summed E-state index contributed by atoms with van der Waals surface area (Å²) in [6.45, 7) is 5.09. The molecule has 0 aliphatic heterocycles. The van der Waals surface area contributed by atoms with Crippen LogP contribution < -0.4 is 5.32 Å². The summed E-state index contributed by atoms with van der Waals surface area (Å²) in [4.78, 5) is 1.24. The van der Waals surface area contributed by atoms with Crippen molar-refractivity contribution in [2.45, 2.75) is 24.3 Å². The third-order valence-corrected chi connectivity index (χ3v) is 4.81. The molecule has 0 aromatic heterocycles. The molecule has 0 bridgehead atoms. The van der Waals surface area contributed by atoms with Gasteiger partial charge in [-0.15, -0.1) is 11.8 Å². The van der Waals surface area contributed by atoms with Crippen LogP contribution >= 0.6 is 11.8 Å². The van der Waals surface area contributed by atoms with Crippen LogP contribution in [0.5, 0.6) is 0 Å². The Hall–Kier alpha value is -1.29. The van der Waals surface area contributed by atoms with Crippen LogP contribution in [0.2, 0.25) is 0 Å². The molecule has 2 nitrogen and oxygen atoms in total. The SMILES string of the molecule is CCNC(CO)(CSc1cccc(C)c1)c1ccccc1. The largest absolute Gasteiger partial charge is 0.394 e. The minimum absolute atomic E-state index is 0.0870. The highest BCUT2D eigenvalue weighted by atomic mass is 32.2. The van der Waals surface area contributed by atoms with Gasteiger partial charge in [-0.3, -0.25) is 0 Å². The third-order valence-electron chi connectivity index (χ3n) is 3.59. The standard InChI is InChI=1S/C18H23NOS/c1-3-19-18(13-20,16-9-5-4-6-10-16)14-21-17-11-7-8-15(2)12-17/h4-12,19-20H,3,13-14H2,1-2H3. The fourth-order valence-corrected chi connectivity index (χ4v) is 3.65. The number of nitrogens with one attached hydrogen (secondary N) is 1. The first kappa shape index (κ1) is 16.1. The number of thioether (sulfide) groups is 1. The molecular weight excluding hydrogens is 278 g/mol. The average molecular weight is 301 g/mol. The molecule has 1 unspecified atom stereocenters. The van der Waals surface area contributed by atoms with Gasteiger partial charge in [0, 0.05) is 10.6 Å². The van der Waals surface area contributed by atoms with Gasteiger partial charge in [0.2, 0.25) is 0 Å². The monoisotopic (exact) mass is 301 g/mol. The third kappa shape index (κ3) is 4.10. The van der Waals surface area contributed by atoms with E-state index in [-0.39, 0.29) is 6.61 Å². The maximum atomic E-state index is 10.0. The lowest BCUT2D eigenvalue weighted by atomic mass is 9.92. The summed E-state index contributed by atoms with van der Waals surface area (Å²) in [5, 5.41) is 13.5. The van der Waals surface area contributed by atoms with Crippen molar-refractivity contribution < 1.29 is 5.11 Å². The van der Waals surface area contributed by atoms with E-state index in [0.717, 1.165) is 17.9 Å². The van der Waals surface area contributed by atoms with Crippen molar-refractivity contribution in [1.29, 1.82) is 0 Å². The first-order chi connectivity index (χ1) is 10.2. The van der Waals surface area contributed by atoms with Gasteiger partial charge in [-0.2, -0.15) is 0 Å². The van der Waals surface area contributed by atoms with E-state index in [4.69, 9.17) is 0 Å². The number of likely N-dealkylation sites (N-methyl/N-ethyl adjacent to an activating group) is 1. The van der Waals surface area contributed by atoms with E-state index in [1.54, 1.807) is 11.8 Å². The van der Waals surface area contributed by atoms with Crippen molar-refractivity contribution in [2.24, 2.45) is 0 Å². The smallest absolute Gasteiger partial charge is 0.0764 e. The molecular formula is C18H23NOS. The van der Waals surface area contributed by atoms with Crippen LogP contribution in [-0.2, 0) is 5.54 Å². The Labute approximate surface area is 131 Å². The van der Waals surface area contributed by atoms with Gasteiger partial charge in [0.05, 0.1) is 12.1 Å². The molecule has 0 aliphatic carbocycles. The number of hydrogen-bond acceptors (Lipinski definition) is 3. The van der Waals surface area contributed by atoms with Crippen molar-refractivity contribution in [3.05, 3.63) is 65.7 Å². The Morgan fingerprint density at radius 1 is 1.10 bits per heavy atom. The van der Waals surface area contributed by atoms with Crippen molar-refractivity contribution in [3.8, 4) is 0 Å². The van der Waals surface area contributed by atoms with Gasteiger partial charge in [0.25, 0.3) is 0 Å². The first-order valence-corrected chi connectivity index (χ1v) is 8.29. The van der Waals surface area contributed by atoms with Gasteiger partial charge >= 0.3 is 0 Å². The van der Waals surface area contributed by atoms with Crippen molar-refractivity contribution in [3.63, 3.8) is 0 Å². The quantitative estimate of drug-likeness (QED) is 0.767. The molecule has 2 aromatic rings. The van der Waals surface area contributed by atoms with Crippen LogP contribution in [0.4, 0.5) is 0 Å². The van der Waals surface area contributed by atoms with Crippen molar-refractivity contribution in [2.75, 3.05) is 18.9 Å². The predicted octanol–water partition coefficient (Wildman–Crippen LogP) is 3.58. The molecule has 0 radical (unpaired) electrons. The van der Waals surface area contributed by atoms with E-state index in [9.17, 15) is 5.11 Å². The molecule has 0 heterocycles. The Bertz CT molecular complexity index is 558. The normalized spacial score (nSPS) is 13.9. The first-order valence-electron chi connectivity index (χ1n) is 7.31. The second-order valence-corrected chi connectivity index (χ2v) is 6.29. The summed E-state index contributed by atoms with van der Waals surface area (Å²) < 4.78 is 0. The number of aryl methyl sites for hydroxylation is 1. The van der Waals surface area contributed by atoms with Crippen LogP contribution in [0.15, 0.2) is 59.5 Å². The zero-order valence-corrected chi connectivity index (χ0v) is 13.5. The van der Waals surface area contributed by atoms with E-state index in [0.29, 0.717) is 0 Å². The molecule has 0 aliphatic rings. The highest BCUT2D eigenvalue weighted by Crippen LogP contribution is 2.30. The number of rotatable bonds is 7. The van der Waals surface area contributed by atoms with E-state index < -0.39 is 5.54 Å². The lowest BCUT2D eigenvalue weighted by Crippen LogP contribution is -2.47. The summed E-state index contributed by atoms with van der Waals surface area (Å²) in [5.41, 5.74) is 2.00. The fraction of sp³-hybridized carbons (Fsp3) is 0.333. The summed E-state index contributed by atoms with van der Waals surface area (Å²) in [6.07, 6.45) is 0.